The number of benzene rings is 1. The Morgan fingerprint density at radius 3 is 2.46 bits per heavy atom. The molecule has 9 heteroatoms. The molecule has 0 bridgehead atoms. The topological polar surface area (TPSA) is 70.7 Å². The molecular weight excluding hydrogens is 351 g/mol. The van der Waals surface area contributed by atoms with Crippen molar-refractivity contribution in [2.24, 2.45) is 0 Å². The van der Waals surface area contributed by atoms with Crippen LogP contribution in [0.5, 0.6) is 0 Å². The number of alkyl halides is 3. The number of nitrogens with zero attached hydrogens (tertiary/aromatic N) is 1. The third-order valence-electron chi connectivity index (χ3n) is 3.82. The van der Waals surface area contributed by atoms with Crippen LogP contribution in [0.1, 0.15) is 24.0 Å². The van der Waals surface area contributed by atoms with E-state index < -0.39 is 18.8 Å². The lowest BCUT2D eigenvalue weighted by molar-refractivity contribution is -0.173. The highest BCUT2D eigenvalue weighted by Gasteiger charge is 2.27. The fourth-order valence-electron chi connectivity index (χ4n) is 2.52. The predicted octanol–water partition coefficient (Wildman–Crippen LogP) is 2.19. The average Bonchev–Trinajstić information content (AvgIpc) is 2.98. The number of hydrogen-bond donors (Lipinski definition) is 2. The summed E-state index contributed by atoms with van der Waals surface area (Å²) in [5.41, 5.74) is 1.90. The van der Waals surface area contributed by atoms with E-state index in [4.69, 9.17) is 0 Å². The van der Waals surface area contributed by atoms with Gasteiger partial charge in [0.05, 0.1) is 6.61 Å². The van der Waals surface area contributed by atoms with Gasteiger partial charge in [0.25, 0.3) is 0 Å². The Morgan fingerprint density at radius 1 is 1.15 bits per heavy atom. The molecule has 3 amide bonds. The van der Waals surface area contributed by atoms with E-state index in [-0.39, 0.29) is 25.6 Å². The summed E-state index contributed by atoms with van der Waals surface area (Å²) in [7, 11) is 0. The molecule has 2 rings (SSSR count). The van der Waals surface area contributed by atoms with E-state index >= 15 is 0 Å². The molecule has 1 aliphatic heterocycles. The number of carbonyl (C=O) groups excluding carboxylic acids is 2. The van der Waals surface area contributed by atoms with E-state index in [1.165, 1.54) is 0 Å². The normalized spacial score (nSPS) is 14.6. The second kappa shape index (κ2) is 9.42. The van der Waals surface area contributed by atoms with E-state index in [0.717, 1.165) is 24.1 Å². The minimum Gasteiger partial charge on any atom is -0.370 e. The van der Waals surface area contributed by atoms with Gasteiger partial charge in [0.1, 0.15) is 6.61 Å². The third-order valence-corrected chi connectivity index (χ3v) is 3.82. The molecule has 1 aromatic carbocycles. The van der Waals surface area contributed by atoms with Gasteiger partial charge in [-0.05, 0) is 17.5 Å². The molecule has 1 aromatic rings. The maximum Gasteiger partial charge on any atom is 0.411 e. The van der Waals surface area contributed by atoms with Gasteiger partial charge >= 0.3 is 12.2 Å². The van der Waals surface area contributed by atoms with Crippen molar-refractivity contribution in [3.63, 3.8) is 0 Å². The van der Waals surface area contributed by atoms with E-state index in [2.05, 4.69) is 15.4 Å². The van der Waals surface area contributed by atoms with Crippen LogP contribution in [-0.2, 0) is 22.6 Å². The summed E-state index contributed by atoms with van der Waals surface area (Å²) in [4.78, 5) is 25.0. The molecule has 0 spiro atoms. The molecule has 0 radical (unpaired) electrons. The number of halogens is 3. The molecule has 0 saturated carbocycles. The van der Waals surface area contributed by atoms with Crippen molar-refractivity contribution in [3.8, 4) is 0 Å². The van der Waals surface area contributed by atoms with Gasteiger partial charge in [0, 0.05) is 32.6 Å². The number of nitrogens with one attached hydrogen (secondary N) is 2. The number of rotatable bonds is 8. The molecule has 0 aliphatic carbocycles. The van der Waals surface area contributed by atoms with E-state index in [1.807, 2.05) is 29.2 Å². The zero-order valence-electron chi connectivity index (χ0n) is 14.3. The van der Waals surface area contributed by atoms with Crippen molar-refractivity contribution in [2.75, 3.05) is 26.3 Å². The number of urea groups is 1. The van der Waals surface area contributed by atoms with Gasteiger partial charge in [-0.3, -0.25) is 4.79 Å². The fraction of sp³-hybridized carbons (Fsp3) is 0.529. The number of ether oxygens (including phenoxy) is 1. The number of amides is 3. The predicted molar refractivity (Wildman–Crippen MR) is 88.2 cm³/mol. The Labute approximate surface area is 149 Å². The van der Waals surface area contributed by atoms with Gasteiger partial charge in [0.15, 0.2) is 0 Å². The van der Waals surface area contributed by atoms with E-state index in [1.54, 1.807) is 0 Å². The van der Waals surface area contributed by atoms with Gasteiger partial charge < -0.3 is 20.3 Å². The largest absolute Gasteiger partial charge is 0.411 e. The lowest BCUT2D eigenvalue weighted by Gasteiger charge is -2.15. The molecule has 0 aromatic heterocycles. The zero-order chi connectivity index (χ0) is 19.0. The summed E-state index contributed by atoms with van der Waals surface area (Å²) in [5.74, 6) is 0.173. The number of likely N-dealkylation sites (tertiary alicyclic amines) is 1. The van der Waals surface area contributed by atoms with E-state index in [9.17, 15) is 22.8 Å². The van der Waals surface area contributed by atoms with Crippen LogP contribution in [0.15, 0.2) is 24.3 Å². The maximum absolute atomic E-state index is 11.9. The van der Waals surface area contributed by atoms with Crippen LogP contribution < -0.4 is 10.6 Å². The summed E-state index contributed by atoms with van der Waals surface area (Å²) >= 11 is 0. The smallest absolute Gasteiger partial charge is 0.370 e. The Morgan fingerprint density at radius 2 is 1.85 bits per heavy atom. The first-order valence-electron chi connectivity index (χ1n) is 8.35. The Hall–Kier alpha value is -2.29. The van der Waals surface area contributed by atoms with Gasteiger partial charge in [0.2, 0.25) is 5.91 Å². The van der Waals surface area contributed by atoms with E-state index in [0.29, 0.717) is 13.0 Å². The molecule has 1 saturated heterocycles. The minimum atomic E-state index is -4.36. The second-order valence-corrected chi connectivity index (χ2v) is 6.01. The summed E-state index contributed by atoms with van der Waals surface area (Å²) in [5, 5.41) is 5.03. The first-order valence-corrected chi connectivity index (χ1v) is 8.35. The Bertz CT molecular complexity index is 606. The Balaban J connectivity index is 1.62. The minimum absolute atomic E-state index is 0.00921. The molecule has 1 aliphatic rings. The standard InChI is InChI=1S/C17H22F3N3O3/c18-17(19,20)12-26-9-7-21-16(25)22-10-13-3-5-14(6-4-13)11-23-8-1-2-15(23)24/h3-6H,1-2,7-12H2,(H2,21,22,25). The quantitative estimate of drug-likeness (QED) is 0.687. The average molecular weight is 373 g/mol. The lowest BCUT2D eigenvalue weighted by Crippen LogP contribution is -2.37. The number of hydrogen-bond acceptors (Lipinski definition) is 3. The van der Waals surface area contributed by atoms with Gasteiger partial charge in [-0.1, -0.05) is 24.3 Å². The van der Waals surface area contributed by atoms with Crippen LogP contribution in [0.4, 0.5) is 18.0 Å². The van der Waals surface area contributed by atoms with Crippen LogP contribution in [0, 0.1) is 0 Å². The summed E-state index contributed by atoms with van der Waals surface area (Å²) in [6, 6.07) is 7.06. The maximum atomic E-state index is 11.9. The second-order valence-electron chi connectivity index (χ2n) is 6.01. The molecule has 144 valence electrons. The van der Waals surface area contributed by atoms with Crippen LogP contribution in [-0.4, -0.2) is 49.3 Å². The van der Waals surface area contributed by atoms with Crippen molar-refractivity contribution in [2.45, 2.75) is 32.1 Å². The highest BCUT2D eigenvalue weighted by atomic mass is 19.4. The molecular formula is C17H22F3N3O3. The van der Waals surface area contributed by atoms with Crippen molar-refractivity contribution < 1.29 is 27.5 Å². The fourth-order valence-corrected chi connectivity index (χ4v) is 2.52. The molecule has 1 heterocycles. The Kier molecular flexibility index (Phi) is 7.26. The van der Waals surface area contributed by atoms with Crippen LogP contribution in [0.3, 0.4) is 0 Å². The highest BCUT2D eigenvalue weighted by Crippen LogP contribution is 2.15. The highest BCUT2D eigenvalue weighted by molar-refractivity contribution is 5.78. The molecule has 2 N–H and O–H groups in total. The number of carbonyl (C=O) groups is 2. The SMILES string of the molecule is O=C(NCCOCC(F)(F)F)NCc1ccc(CN2CCCC2=O)cc1. The molecule has 26 heavy (non-hydrogen) atoms. The van der Waals surface area contributed by atoms with Gasteiger partial charge in [-0.25, -0.2) is 4.79 Å². The van der Waals surface area contributed by atoms with Gasteiger partial charge in [-0.15, -0.1) is 0 Å². The van der Waals surface area contributed by atoms with Crippen LogP contribution >= 0.6 is 0 Å². The third kappa shape index (κ3) is 7.30. The first-order chi connectivity index (χ1) is 12.3. The first kappa shape index (κ1) is 20.0. The summed E-state index contributed by atoms with van der Waals surface area (Å²) in [6.07, 6.45) is -2.86. The molecule has 6 nitrogen and oxygen atoms in total. The van der Waals surface area contributed by atoms with Crippen LogP contribution in [0.2, 0.25) is 0 Å². The van der Waals surface area contributed by atoms with Crippen molar-refractivity contribution in [1.82, 2.24) is 15.5 Å². The molecule has 1 fully saturated rings. The molecule has 0 atom stereocenters. The molecule has 0 unspecified atom stereocenters. The monoisotopic (exact) mass is 373 g/mol. The zero-order valence-corrected chi connectivity index (χ0v) is 14.3. The van der Waals surface area contributed by atoms with Crippen LogP contribution in [0.25, 0.3) is 0 Å². The summed E-state index contributed by atoms with van der Waals surface area (Å²) in [6.45, 7) is 0.116. The van der Waals surface area contributed by atoms with Gasteiger partial charge in [-0.2, -0.15) is 13.2 Å². The summed E-state index contributed by atoms with van der Waals surface area (Å²) < 4.78 is 40.0. The van der Waals surface area contributed by atoms with Crippen molar-refractivity contribution in [3.05, 3.63) is 35.4 Å². The lowest BCUT2D eigenvalue weighted by atomic mass is 10.1. The van der Waals surface area contributed by atoms with Crippen molar-refractivity contribution in [1.29, 1.82) is 0 Å². The van der Waals surface area contributed by atoms with Crippen molar-refractivity contribution >= 4 is 11.9 Å².